The van der Waals surface area contributed by atoms with Crippen molar-refractivity contribution in [2.75, 3.05) is 6.61 Å². The predicted octanol–water partition coefficient (Wildman–Crippen LogP) is 3.66. The Labute approximate surface area is 115 Å². The van der Waals surface area contributed by atoms with Gasteiger partial charge in [-0.15, -0.1) is 0 Å². The minimum atomic E-state index is -0.668. The van der Waals surface area contributed by atoms with Gasteiger partial charge in [0.15, 0.2) is 0 Å². The van der Waals surface area contributed by atoms with E-state index in [4.69, 9.17) is 4.74 Å². The van der Waals surface area contributed by atoms with E-state index in [1.54, 1.807) is 0 Å². The van der Waals surface area contributed by atoms with Crippen molar-refractivity contribution in [2.45, 2.75) is 52.1 Å². The number of fused-ring (bicyclic) bond motifs is 1. The lowest BCUT2D eigenvalue weighted by Gasteiger charge is -2.45. The molecule has 2 heteroatoms. The first-order valence-corrected chi connectivity index (χ1v) is 7.37. The molecule has 3 rings (SSSR count). The molecule has 1 fully saturated rings. The van der Waals surface area contributed by atoms with Crippen LogP contribution in [0.4, 0.5) is 0 Å². The summed E-state index contributed by atoms with van der Waals surface area (Å²) in [6, 6.07) is 6.25. The summed E-state index contributed by atoms with van der Waals surface area (Å²) < 4.78 is 5.55. The zero-order chi connectivity index (χ0) is 13.7. The minimum Gasteiger partial charge on any atom is -0.493 e. The Hall–Kier alpha value is -1.02. The Morgan fingerprint density at radius 2 is 2.05 bits per heavy atom. The lowest BCUT2D eigenvalue weighted by atomic mass is 9.64. The summed E-state index contributed by atoms with van der Waals surface area (Å²) in [5.41, 5.74) is 1.87. The maximum atomic E-state index is 11.1. The van der Waals surface area contributed by atoms with E-state index in [2.05, 4.69) is 32.9 Å². The second-order valence-electron chi connectivity index (χ2n) is 7.31. The van der Waals surface area contributed by atoms with Crippen molar-refractivity contribution in [2.24, 2.45) is 11.3 Å². The van der Waals surface area contributed by atoms with Crippen molar-refractivity contribution in [1.82, 2.24) is 0 Å². The lowest BCUT2D eigenvalue weighted by molar-refractivity contribution is -0.0635. The summed E-state index contributed by atoms with van der Waals surface area (Å²) >= 11 is 0. The molecular formula is C17H24O2. The van der Waals surface area contributed by atoms with E-state index in [0.717, 1.165) is 37.2 Å². The van der Waals surface area contributed by atoms with Gasteiger partial charge < -0.3 is 9.84 Å². The predicted molar refractivity (Wildman–Crippen MR) is 76.3 cm³/mol. The van der Waals surface area contributed by atoms with Gasteiger partial charge >= 0.3 is 0 Å². The second kappa shape index (κ2) is 4.24. The molecule has 2 unspecified atom stereocenters. The largest absolute Gasteiger partial charge is 0.493 e. The summed E-state index contributed by atoms with van der Waals surface area (Å²) in [6.45, 7) is 7.57. The summed E-state index contributed by atoms with van der Waals surface area (Å²) in [4.78, 5) is 0. The maximum Gasteiger partial charge on any atom is 0.122 e. The molecule has 0 bridgehead atoms. The first-order chi connectivity index (χ1) is 8.88. The summed E-state index contributed by atoms with van der Waals surface area (Å²) in [6.07, 6.45) is 3.89. The Morgan fingerprint density at radius 3 is 2.79 bits per heavy atom. The number of hydrogen-bond acceptors (Lipinski definition) is 2. The van der Waals surface area contributed by atoms with E-state index >= 15 is 0 Å². The topological polar surface area (TPSA) is 29.5 Å². The Bertz CT molecular complexity index is 492. The van der Waals surface area contributed by atoms with Gasteiger partial charge in [0.1, 0.15) is 5.75 Å². The molecule has 1 aromatic rings. The van der Waals surface area contributed by atoms with Crippen LogP contribution in [0.1, 0.15) is 51.2 Å². The van der Waals surface area contributed by atoms with E-state index < -0.39 is 5.60 Å². The lowest BCUT2D eigenvalue weighted by Crippen LogP contribution is -2.40. The van der Waals surface area contributed by atoms with Gasteiger partial charge in [0, 0.05) is 6.42 Å². The van der Waals surface area contributed by atoms with Crippen LogP contribution >= 0.6 is 0 Å². The van der Waals surface area contributed by atoms with E-state index in [1.165, 1.54) is 12.0 Å². The van der Waals surface area contributed by atoms with Crippen LogP contribution in [0.15, 0.2) is 18.2 Å². The molecule has 2 atom stereocenters. The third kappa shape index (κ3) is 2.38. The molecule has 2 nitrogen and oxygen atoms in total. The highest BCUT2D eigenvalue weighted by molar-refractivity contribution is 5.42. The third-order valence-corrected chi connectivity index (χ3v) is 4.58. The van der Waals surface area contributed by atoms with E-state index in [0.29, 0.717) is 5.92 Å². The molecule has 0 amide bonds. The molecule has 1 heterocycles. The molecule has 0 spiro atoms. The molecule has 1 aliphatic carbocycles. The monoisotopic (exact) mass is 260 g/mol. The normalized spacial score (nSPS) is 32.7. The van der Waals surface area contributed by atoms with Crippen LogP contribution in [0.25, 0.3) is 0 Å². The molecule has 0 aromatic heterocycles. The van der Waals surface area contributed by atoms with Crippen LogP contribution in [-0.2, 0) is 12.0 Å². The van der Waals surface area contributed by atoms with Gasteiger partial charge in [0.2, 0.25) is 0 Å². The van der Waals surface area contributed by atoms with Gasteiger partial charge in [-0.05, 0) is 53.9 Å². The van der Waals surface area contributed by atoms with E-state index in [-0.39, 0.29) is 5.41 Å². The molecule has 2 aliphatic rings. The molecule has 104 valence electrons. The van der Waals surface area contributed by atoms with Gasteiger partial charge in [-0.25, -0.2) is 0 Å². The fourth-order valence-electron chi connectivity index (χ4n) is 4.22. The zero-order valence-corrected chi connectivity index (χ0v) is 12.2. The van der Waals surface area contributed by atoms with E-state index in [9.17, 15) is 5.11 Å². The van der Waals surface area contributed by atoms with E-state index in [1.807, 2.05) is 6.07 Å². The zero-order valence-electron chi connectivity index (χ0n) is 12.2. The van der Waals surface area contributed by atoms with Crippen molar-refractivity contribution in [3.05, 3.63) is 29.3 Å². The fraction of sp³-hybridized carbons (Fsp3) is 0.647. The third-order valence-electron chi connectivity index (χ3n) is 4.58. The highest BCUT2D eigenvalue weighted by atomic mass is 16.5. The van der Waals surface area contributed by atoms with Crippen LogP contribution in [0.3, 0.4) is 0 Å². The number of hydrogen-bond donors (Lipinski definition) is 1. The highest BCUT2D eigenvalue weighted by Gasteiger charge is 2.42. The number of aliphatic hydroxyl groups is 1. The quantitative estimate of drug-likeness (QED) is 0.835. The molecule has 1 saturated carbocycles. The van der Waals surface area contributed by atoms with Gasteiger partial charge in [0.05, 0.1) is 12.2 Å². The van der Waals surface area contributed by atoms with Crippen LogP contribution in [0.2, 0.25) is 0 Å². The summed E-state index contributed by atoms with van der Waals surface area (Å²) in [5, 5.41) is 11.1. The van der Waals surface area contributed by atoms with Crippen molar-refractivity contribution < 1.29 is 9.84 Å². The number of ether oxygens (including phenoxy) is 1. The average molecular weight is 260 g/mol. The fourth-order valence-corrected chi connectivity index (χ4v) is 4.22. The Morgan fingerprint density at radius 1 is 1.26 bits per heavy atom. The van der Waals surface area contributed by atoms with Gasteiger partial charge in [-0.3, -0.25) is 0 Å². The van der Waals surface area contributed by atoms with Crippen LogP contribution in [-0.4, -0.2) is 11.7 Å². The second-order valence-corrected chi connectivity index (χ2v) is 7.31. The number of benzene rings is 1. The SMILES string of the molecule is CC1CC(C)(C)CC(O)(c2ccc3c(c2)CCO3)C1. The number of rotatable bonds is 1. The average Bonchev–Trinajstić information content (AvgIpc) is 2.71. The van der Waals surface area contributed by atoms with Crippen molar-refractivity contribution in [1.29, 1.82) is 0 Å². The van der Waals surface area contributed by atoms with Crippen molar-refractivity contribution in [3.8, 4) is 5.75 Å². The molecule has 19 heavy (non-hydrogen) atoms. The Balaban J connectivity index is 1.95. The van der Waals surface area contributed by atoms with Gasteiger partial charge in [-0.2, -0.15) is 0 Å². The van der Waals surface area contributed by atoms with Crippen molar-refractivity contribution in [3.63, 3.8) is 0 Å². The summed E-state index contributed by atoms with van der Waals surface area (Å²) in [5.74, 6) is 1.56. The van der Waals surface area contributed by atoms with Crippen molar-refractivity contribution >= 4 is 0 Å². The molecule has 1 aliphatic heterocycles. The van der Waals surface area contributed by atoms with Crippen LogP contribution in [0, 0.1) is 11.3 Å². The molecule has 0 saturated heterocycles. The first kappa shape index (κ1) is 13.0. The van der Waals surface area contributed by atoms with Gasteiger partial charge in [0.25, 0.3) is 0 Å². The Kier molecular flexibility index (Phi) is 2.90. The molecular weight excluding hydrogens is 236 g/mol. The molecule has 0 radical (unpaired) electrons. The summed E-state index contributed by atoms with van der Waals surface area (Å²) in [7, 11) is 0. The highest BCUT2D eigenvalue weighted by Crippen LogP contribution is 2.49. The molecule has 1 N–H and O–H groups in total. The standard InChI is InChI=1S/C17H24O2/c1-12-9-16(2,3)11-17(18,10-12)14-4-5-15-13(8-14)6-7-19-15/h4-5,8,12,18H,6-7,9-11H2,1-3H3. The molecule has 1 aromatic carbocycles. The van der Waals surface area contributed by atoms with Crippen LogP contribution < -0.4 is 4.74 Å². The maximum absolute atomic E-state index is 11.1. The van der Waals surface area contributed by atoms with Crippen LogP contribution in [0.5, 0.6) is 5.75 Å². The smallest absolute Gasteiger partial charge is 0.122 e. The minimum absolute atomic E-state index is 0.210. The van der Waals surface area contributed by atoms with Gasteiger partial charge in [-0.1, -0.05) is 26.8 Å². The first-order valence-electron chi connectivity index (χ1n) is 7.37.